The molecule has 0 saturated carbocycles. The van der Waals surface area contributed by atoms with Gasteiger partial charge in [0.2, 0.25) is 0 Å². The number of aromatic nitrogens is 4. The lowest BCUT2D eigenvalue weighted by Crippen LogP contribution is -2.20. The van der Waals surface area contributed by atoms with Crippen LogP contribution in [0, 0.1) is 17.0 Å². The molecule has 2 rings (SSSR count). The molecule has 2 aromatic rings. The second kappa shape index (κ2) is 2.62. The Hall–Kier alpha value is -2.25. The highest BCUT2D eigenvalue weighted by Gasteiger charge is 2.20. The molecule has 1 N–H and O–H groups in total. The van der Waals surface area contributed by atoms with Gasteiger partial charge in [-0.1, -0.05) is 0 Å². The molecule has 0 aliphatic rings. The van der Waals surface area contributed by atoms with Crippen molar-refractivity contribution in [2.75, 3.05) is 0 Å². The molecule has 0 radical (unpaired) electrons. The van der Waals surface area contributed by atoms with Crippen molar-refractivity contribution >= 4 is 11.5 Å². The predicted molar refractivity (Wildman–Crippen MR) is 45.0 cm³/mol. The first-order chi connectivity index (χ1) is 6.61. The Morgan fingerprint density at radius 2 is 2.36 bits per heavy atom. The average molecular weight is 195 g/mol. The van der Waals surface area contributed by atoms with Crippen molar-refractivity contribution in [2.24, 2.45) is 0 Å². The predicted octanol–water partition coefficient (Wildman–Crippen LogP) is -0.366. The number of fused-ring (bicyclic) bond motifs is 1. The summed E-state index contributed by atoms with van der Waals surface area (Å²) in [5.41, 5.74) is -1.23. The highest BCUT2D eigenvalue weighted by Crippen LogP contribution is 2.08. The van der Waals surface area contributed by atoms with Crippen LogP contribution in [0.5, 0.6) is 0 Å². The summed E-state index contributed by atoms with van der Waals surface area (Å²) in [6.07, 6.45) is 1.24. The van der Waals surface area contributed by atoms with Crippen molar-refractivity contribution in [2.45, 2.75) is 6.92 Å². The minimum Gasteiger partial charge on any atom is -0.277 e. The summed E-state index contributed by atoms with van der Waals surface area (Å²) in [4.78, 5) is 28.7. The van der Waals surface area contributed by atoms with Gasteiger partial charge in [0.15, 0.2) is 0 Å². The van der Waals surface area contributed by atoms with Gasteiger partial charge >= 0.3 is 11.2 Å². The number of aromatic amines is 1. The van der Waals surface area contributed by atoms with E-state index >= 15 is 0 Å². The van der Waals surface area contributed by atoms with E-state index in [9.17, 15) is 14.9 Å². The summed E-state index contributed by atoms with van der Waals surface area (Å²) in [5.74, 6) is 0.123. The second-order valence-corrected chi connectivity index (χ2v) is 2.63. The summed E-state index contributed by atoms with van der Waals surface area (Å²) in [7, 11) is 0. The lowest BCUT2D eigenvalue weighted by molar-refractivity contribution is -0.387. The molecular weight excluding hydrogens is 190 g/mol. The van der Waals surface area contributed by atoms with E-state index in [1.54, 1.807) is 0 Å². The number of hydrogen-bond acceptors (Lipinski definition) is 5. The van der Waals surface area contributed by atoms with E-state index in [0.717, 1.165) is 4.52 Å². The molecule has 0 unspecified atom stereocenters. The zero-order chi connectivity index (χ0) is 10.3. The van der Waals surface area contributed by atoms with Crippen LogP contribution in [0.3, 0.4) is 0 Å². The molecule has 2 aromatic heterocycles. The van der Waals surface area contributed by atoms with Gasteiger partial charge in [-0.25, -0.2) is 9.97 Å². The van der Waals surface area contributed by atoms with Gasteiger partial charge in [-0.3, -0.25) is 20.0 Å². The standard InChI is InChI=1S/C6H5N5O3/c1-3-4(11(13)14)5(12)10-6(9-3)7-2-8-10/h2H,1H3,(H,7,8,9). The van der Waals surface area contributed by atoms with Crippen molar-refractivity contribution in [1.29, 1.82) is 0 Å². The van der Waals surface area contributed by atoms with Crippen molar-refractivity contribution in [1.82, 2.24) is 19.6 Å². The number of hydrogen-bond donors (Lipinski definition) is 1. The zero-order valence-corrected chi connectivity index (χ0v) is 7.09. The highest BCUT2D eigenvalue weighted by atomic mass is 16.6. The van der Waals surface area contributed by atoms with Gasteiger partial charge in [0.05, 0.1) is 4.92 Å². The van der Waals surface area contributed by atoms with Gasteiger partial charge in [0.25, 0.3) is 5.78 Å². The first-order valence-electron chi connectivity index (χ1n) is 3.68. The molecule has 8 heteroatoms. The number of H-pyrrole nitrogens is 1. The third kappa shape index (κ3) is 0.969. The lowest BCUT2D eigenvalue weighted by atomic mass is 10.4. The van der Waals surface area contributed by atoms with Crippen LogP contribution >= 0.6 is 0 Å². The van der Waals surface area contributed by atoms with Crippen LogP contribution in [-0.2, 0) is 0 Å². The average Bonchev–Trinajstić information content (AvgIpc) is 2.50. The molecular formula is C6H5N5O3. The van der Waals surface area contributed by atoms with Crippen molar-refractivity contribution in [3.8, 4) is 0 Å². The molecule has 2 heterocycles. The summed E-state index contributed by atoms with van der Waals surface area (Å²) >= 11 is 0. The zero-order valence-electron chi connectivity index (χ0n) is 7.09. The van der Waals surface area contributed by atoms with Crippen LogP contribution in [0.2, 0.25) is 0 Å². The monoisotopic (exact) mass is 195 g/mol. The minimum atomic E-state index is -0.755. The normalized spacial score (nSPS) is 10.6. The van der Waals surface area contributed by atoms with Gasteiger partial charge in [0, 0.05) is 0 Å². The van der Waals surface area contributed by atoms with E-state index in [1.807, 2.05) is 0 Å². The Bertz CT molecular complexity index is 568. The molecule has 0 aromatic carbocycles. The maximum absolute atomic E-state index is 11.5. The van der Waals surface area contributed by atoms with Crippen LogP contribution in [0.25, 0.3) is 5.78 Å². The van der Waals surface area contributed by atoms with E-state index in [1.165, 1.54) is 13.3 Å². The van der Waals surface area contributed by atoms with Crippen molar-refractivity contribution < 1.29 is 4.92 Å². The lowest BCUT2D eigenvalue weighted by Gasteiger charge is -1.95. The molecule has 0 saturated heterocycles. The molecule has 8 nitrogen and oxygen atoms in total. The first-order valence-corrected chi connectivity index (χ1v) is 3.68. The second-order valence-electron chi connectivity index (χ2n) is 2.63. The number of nitro groups is 1. The quantitative estimate of drug-likeness (QED) is 0.493. The number of nitrogens with one attached hydrogen (secondary N) is 1. The summed E-state index contributed by atoms with van der Waals surface area (Å²) in [6.45, 7) is 1.40. The van der Waals surface area contributed by atoms with Crippen LogP contribution < -0.4 is 5.56 Å². The van der Waals surface area contributed by atoms with E-state index in [2.05, 4.69) is 15.1 Å². The first kappa shape index (κ1) is 8.35. The Morgan fingerprint density at radius 1 is 1.64 bits per heavy atom. The number of aryl methyl sites for hydroxylation is 1. The molecule has 0 amide bonds. The summed E-state index contributed by atoms with van der Waals surface area (Å²) in [6, 6.07) is 0. The van der Waals surface area contributed by atoms with Gasteiger partial charge in [-0.15, -0.1) is 0 Å². The Kier molecular flexibility index (Phi) is 1.56. The van der Waals surface area contributed by atoms with Crippen LogP contribution in [0.15, 0.2) is 11.1 Å². The fraction of sp³-hybridized carbons (Fsp3) is 0.167. The molecule has 14 heavy (non-hydrogen) atoms. The van der Waals surface area contributed by atoms with Gasteiger partial charge < -0.3 is 0 Å². The molecule has 0 atom stereocenters. The minimum absolute atomic E-state index is 0.0621. The van der Waals surface area contributed by atoms with E-state index in [4.69, 9.17) is 0 Å². The van der Waals surface area contributed by atoms with Gasteiger partial charge in [0.1, 0.15) is 12.0 Å². The highest BCUT2D eigenvalue weighted by molar-refractivity contribution is 5.38. The Balaban J connectivity index is 2.97. The van der Waals surface area contributed by atoms with Crippen molar-refractivity contribution in [3.63, 3.8) is 0 Å². The topological polar surface area (TPSA) is 106 Å². The Morgan fingerprint density at radius 3 is 3.00 bits per heavy atom. The van der Waals surface area contributed by atoms with Gasteiger partial charge in [-0.05, 0) is 6.92 Å². The van der Waals surface area contributed by atoms with E-state index in [-0.39, 0.29) is 11.5 Å². The van der Waals surface area contributed by atoms with Crippen molar-refractivity contribution in [3.05, 3.63) is 32.5 Å². The number of nitrogens with zero attached hydrogens (tertiary/aromatic N) is 4. The van der Waals surface area contributed by atoms with E-state index in [0.29, 0.717) is 0 Å². The fourth-order valence-corrected chi connectivity index (χ4v) is 1.16. The molecule has 0 aliphatic carbocycles. The molecule has 0 fully saturated rings. The van der Waals surface area contributed by atoms with Crippen LogP contribution in [0.1, 0.15) is 5.69 Å². The molecule has 0 aliphatic heterocycles. The van der Waals surface area contributed by atoms with Crippen LogP contribution in [0.4, 0.5) is 5.69 Å². The molecule has 0 bridgehead atoms. The third-order valence-corrected chi connectivity index (χ3v) is 1.77. The van der Waals surface area contributed by atoms with Crippen LogP contribution in [-0.4, -0.2) is 24.5 Å². The molecule has 72 valence electrons. The SMILES string of the molecule is Cc1nc2nc[nH]n2c(=O)c1[N+](=O)[O-]. The third-order valence-electron chi connectivity index (χ3n) is 1.77. The fourth-order valence-electron chi connectivity index (χ4n) is 1.16. The number of rotatable bonds is 1. The largest absolute Gasteiger partial charge is 0.357 e. The maximum atomic E-state index is 11.5. The molecule has 0 spiro atoms. The Labute approximate surface area is 76.4 Å². The maximum Gasteiger partial charge on any atom is 0.357 e. The van der Waals surface area contributed by atoms with Gasteiger partial charge in [-0.2, -0.15) is 4.52 Å². The van der Waals surface area contributed by atoms with E-state index < -0.39 is 16.2 Å². The summed E-state index contributed by atoms with van der Waals surface area (Å²) in [5, 5.41) is 13.0. The smallest absolute Gasteiger partial charge is 0.277 e. The summed E-state index contributed by atoms with van der Waals surface area (Å²) < 4.78 is 0.922.